The van der Waals surface area contributed by atoms with E-state index < -0.39 is 15.8 Å². The number of nitrogens with zero attached hydrogens (tertiary/aromatic N) is 2. The van der Waals surface area contributed by atoms with Gasteiger partial charge in [-0.1, -0.05) is 0 Å². The lowest BCUT2D eigenvalue weighted by Crippen LogP contribution is -2.23. The first-order chi connectivity index (χ1) is 9.54. The van der Waals surface area contributed by atoms with Crippen LogP contribution in [-0.4, -0.2) is 17.8 Å². The number of thiazole rings is 1. The monoisotopic (exact) mass is 311 g/mol. The average molecular weight is 311 g/mol. The van der Waals surface area contributed by atoms with Crippen LogP contribution < -0.4 is 4.72 Å². The van der Waals surface area contributed by atoms with Gasteiger partial charge in [-0.25, -0.2) is 22.5 Å². The second-order valence-corrected chi connectivity index (χ2v) is 6.74. The van der Waals surface area contributed by atoms with Crippen molar-refractivity contribution in [2.75, 3.05) is 0 Å². The number of imidazole rings is 1. The molecule has 0 radical (unpaired) electrons. The fourth-order valence-corrected chi connectivity index (χ4v) is 3.45. The van der Waals surface area contributed by atoms with Gasteiger partial charge >= 0.3 is 0 Å². The molecule has 0 saturated carbocycles. The van der Waals surface area contributed by atoms with Gasteiger partial charge in [-0.15, -0.1) is 11.3 Å². The fraction of sp³-hybridized carbons (Fsp3) is 0.0833. The second kappa shape index (κ2) is 4.97. The van der Waals surface area contributed by atoms with Crippen molar-refractivity contribution >= 4 is 26.3 Å². The molecule has 5 nitrogen and oxygen atoms in total. The van der Waals surface area contributed by atoms with Crippen LogP contribution in [0.5, 0.6) is 0 Å². The summed E-state index contributed by atoms with van der Waals surface area (Å²) in [6.07, 6.45) is 3.62. The van der Waals surface area contributed by atoms with Gasteiger partial charge < -0.3 is 0 Å². The summed E-state index contributed by atoms with van der Waals surface area (Å²) in [6.45, 7) is 0.0914. The third-order valence-electron chi connectivity index (χ3n) is 2.71. The largest absolute Gasteiger partial charge is 0.297 e. The molecule has 0 aliphatic rings. The van der Waals surface area contributed by atoms with Crippen molar-refractivity contribution in [2.24, 2.45) is 0 Å². The zero-order valence-corrected chi connectivity index (χ0v) is 11.8. The number of benzene rings is 1. The summed E-state index contributed by atoms with van der Waals surface area (Å²) in [6, 6.07) is 4.68. The first-order valence-corrected chi connectivity index (χ1v) is 8.07. The average Bonchev–Trinajstić information content (AvgIpc) is 2.97. The number of sulfonamides is 1. The van der Waals surface area contributed by atoms with Crippen LogP contribution in [0.3, 0.4) is 0 Å². The van der Waals surface area contributed by atoms with Crippen LogP contribution >= 0.6 is 11.3 Å². The maximum absolute atomic E-state index is 12.8. The van der Waals surface area contributed by atoms with Crippen molar-refractivity contribution in [3.63, 3.8) is 0 Å². The maximum atomic E-state index is 12.8. The number of halogens is 1. The van der Waals surface area contributed by atoms with Crippen LogP contribution in [0.4, 0.5) is 4.39 Å². The number of aromatic nitrogens is 2. The lowest BCUT2D eigenvalue weighted by Gasteiger charge is -2.04. The Labute approximate surface area is 118 Å². The molecule has 1 N–H and O–H groups in total. The highest BCUT2D eigenvalue weighted by molar-refractivity contribution is 7.89. The SMILES string of the molecule is O=S(=O)(NCc1cn2ccsc2n1)c1ccc(F)cc1. The minimum absolute atomic E-state index is 0.0277. The Morgan fingerprint density at radius 2 is 2.05 bits per heavy atom. The van der Waals surface area contributed by atoms with Crippen LogP contribution in [-0.2, 0) is 16.6 Å². The van der Waals surface area contributed by atoms with Crippen LogP contribution in [0.1, 0.15) is 5.69 Å². The normalized spacial score (nSPS) is 12.1. The highest BCUT2D eigenvalue weighted by Crippen LogP contribution is 2.13. The van der Waals surface area contributed by atoms with Gasteiger partial charge in [0.25, 0.3) is 0 Å². The predicted octanol–water partition coefficient (Wildman–Crippen LogP) is 2.01. The molecule has 3 aromatic rings. The summed E-state index contributed by atoms with van der Waals surface area (Å²) >= 11 is 1.47. The van der Waals surface area contributed by atoms with E-state index in [1.165, 1.54) is 23.5 Å². The van der Waals surface area contributed by atoms with Crippen LogP contribution in [0.15, 0.2) is 46.9 Å². The summed E-state index contributed by atoms with van der Waals surface area (Å²) in [4.78, 5) is 5.11. The molecule has 0 bridgehead atoms. The smallest absolute Gasteiger partial charge is 0.240 e. The summed E-state index contributed by atoms with van der Waals surface area (Å²) in [5, 5.41) is 1.90. The van der Waals surface area contributed by atoms with E-state index >= 15 is 0 Å². The highest BCUT2D eigenvalue weighted by Gasteiger charge is 2.14. The van der Waals surface area contributed by atoms with Crippen molar-refractivity contribution in [2.45, 2.75) is 11.4 Å². The lowest BCUT2D eigenvalue weighted by atomic mass is 10.4. The van der Waals surface area contributed by atoms with E-state index in [2.05, 4.69) is 9.71 Å². The van der Waals surface area contributed by atoms with Crippen LogP contribution in [0.2, 0.25) is 0 Å². The topological polar surface area (TPSA) is 63.5 Å². The lowest BCUT2D eigenvalue weighted by molar-refractivity contribution is 0.579. The molecule has 0 aliphatic carbocycles. The van der Waals surface area contributed by atoms with Crippen LogP contribution in [0.25, 0.3) is 4.96 Å². The Balaban J connectivity index is 1.76. The predicted molar refractivity (Wildman–Crippen MR) is 73.5 cm³/mol. The van der Waals surface area contributed by atoms with Crippen LogP contribution in [0, 0.1) is 5.82 Å². The van der Waals surface area contributed by atoms with E-state index in [1.54, 1.807) is 6.20 Å². The molecule has 104 valence electrons. The van der Waals surface area contributed by atoms with Gasteiger partial charge in [0.1, 0.15) is 5.82 Å². The Morgan fingerprint density at radius 3 is 2.75 bits per heavy atom. The van der Waals surface area contributed by atoms with Gasteiger partial charge in [-0.05, 0) is 24.3 Å². The molecule has 8 heteroatoms. The molecule has 0 fully saturated rings. The number of fused-ring (bicyclic) bond motifs is 1. The molecule has 0 saturated heterocycles. The number of hydrogen-bond acceptors (Lipinski definition) is 4. The molecular weight excluding hydrogens is 301 g/mol. The van der Waals surface area contributed by atoms with Crippen molar-refractivity contribution in [1.29, 1.82) is 0 Å². The van der Waals surface area contributed by atoms with Gasteiger partial charge in [0.05, 0.1) is 17.1 Å². The molecule has 0 spiro atoms. The zero-order valence-electron chi connectivity index (χ0n) is 10.2. The molecular formula is C12H10FN3O2S2. The fourth-order valence-electron chi connectivity index (χ4n) is 1.73. The first kappa shape index (κ1) is 13.2. The Kier molecular flexibility index (Phi) is 3.28. The molecule has 0 amide bonds. The summed E-state index contributed by atoms with van der Waals surface area (Å²) in [5.74, 6) is -0.474. The summed E-state index contributed by atoms with van der Waals surface area (Å²) in [7, 11) is -3.66. The Bertz CT molecular complexity index is 809. The van der Waals surface area contributed by atoms with E-state index in [0.717, 1.165) is 17.1 Å². The van der Waals surface area contributed by atoms with Gasteiger partial charge in [0.15, 0.2) is 4.96 Å². The van der Waals surface area contributed by atoms with Gasteiger partial charge in [-0.3, -0.25) is 4.40 Å². The first-order valence-electron chi connectivity index (χ1n) is 5.71. The zero-order chi connectivity index (χ0) is 14.2. The van der Waals surface area contributed by atoms with Crippen molar-refractivity contribution in [3.8, 4) is 0 Å². The molecule has 2 aromatic heterocycles. The third kappa shape index (κ3) is 2.58. The second-order valence-electron chi connectivity index (χ2n) is 4.10. The molecule has 0 aliphatic heterocycles. The third-order valence-corrected chi connectivity index (χ3v) is 4.90. The van der Waals surface area contributed by atoms with E-state index in [1.807, 2.05) is 16.0 Å². The number of rotatable bonds is 4. The van der Waals surface area contributed by atoms with E-state index in [0.29, 0.717) is 5.69 Å². The van der Waals surface area contributed by atoms with Gasteiger partial charge in [-0.2, -0.15) is 0 Å². The summed E-state index contributed by atoms with van der Waals surface area (Å²) in [5.41, 5.74) is 0.627. The molecule has 2 heterocycles. The van der Waals surface area contributed by atoms with Gasteiger partial charge in [0, 0.05) is 17.8 Å². The highest BCUT2D eigenvalue weighted by atomic mass is 32.2. The van der Waals surface area contributed by atoms with E-state index in [9.17, 15) is 12.8 Å². The molecule has 20 heavy (non-hydrogen) atoms. The molecule has 0 atom stereocenters. The number of nitrogens with one attached hydrogen (secondary N) is 1. The number of hydrogen-bond donors (Lipinski definition) is 1. The minimum atomic E-state index is -3.66. The maximum Gasteiger partial charge on any atom is 0.240 e. The molecule has 1 aromatic carbocycles. The van der Waals surface area contributed by atoms with E-state index in [-0.39, 0.29) is 11.4 Å². The Morgan fingerprint density at radius 1 is 1.30 bits per heavy atom. The molecule has 3 rings (SSSR count). The van der Waals surface area contributed by atoms with Gasteiger partial charge in [0.2, 0.25) is 10.0 Å². The van der Waals surface area contributed by atoms with Crippen molar-refractivity contribution < 1.29 is 12.8 Å². The molecule has 0 unspecified atom stereocenters. The standard InChI is InChI=1S/C12H10FN3O2S2/c13-9-1-3-11(4-2-9)20(17,18)14-7-10-8-16-5-6-19-12(16)15-10/h1-6,8,14H,7H2. The quantitative estimate of drug-likeness (QED) is 0.802. The Hall–Kier alpha value is -1.77. The van der Waals surface area contributed by atoms with Crippen molar-refractivity contribution in [3.05, 3.63) is 53.6 Å². The van der Waals surface area contributed by atoms with E-state index in [4.69, 9.17) is 0 Å². The van der Waals surface area contributed by atoms with Crippen molar-refractivity contribution in [1.82, 2.24) is 14.1 Å². The minimum Gasteiger partial charge on any atom is -0.297 e. The summed E-state index contributed by atoms with van der Waals surface area (Å²) < 4.78 is 41.1.